The Morgan fingerprint density at radius 3 is 2.56 bits per heavy atom. The highest BCUT2D eigenvalue weighted by molar-refractivity contribution is 5.97. The first kappa shape index (κ1) is 23.5. The van der Waals surface area contributed by atoms with Crippen LogP contribution in [0.15, 0.2) is 23.9 Å². The minimum Gasteiger partial charge on any atom is -0.493 e. The molecule has 2 aliphatic heterocycles. The number of hydrogen-bond donors (Lipinski definition) is 2. The topological polar surface area (TPSA) is 146 Å². The van der Waals surface area contributed by atoms with Gasteiger partial charge in [0.25, 0.3) is 0 Å². The van der Waals surface area contributed by atoms with Crippen molar-refractivity contribution in [1.29, 1.82) is 0 Å². The van der Waals surface area contributed by atoms with E-state index >= 15 is 0 Å². The molecule has 0 saturated carbocycles. The molecular formula is C23H30N6O5. The van der Waals surface area contributed by atoms with Gasteiger partial charge in [0.1, 0.15) is 11.3 Å². The smallest absolute Gasteiger partial charge is 0.354 e. The molecule has 2 atom stereocenters. The molecule has 2 aromatic rings. The van der Waals surface area contributed by atoms with E-state index in [-0.39, 0.29) is 17.6 Å². The number of methoxy groups -OCH3 is 1. The fourth-order valence-electron chi connectivity index (χ4n) is 4.61. The SMILES string of the molecule is COc1cc2c(cc1OC(C)C)C1N(CC2)C(C(=O)OC(C)(C)C)=CC1(C(N)=O)c1nn[nH]n1. The van der Waals surface area contributed by atoms with Crippen molar-refractivity contribution in [2.24, 2.45) is 5.73 Å². The molecule has 1 aromatic heterocycles. The van der Waals surface area contributed by atoms with Gasteiger partial charge in [0, 0.05) is 6.54 Å². The van der Waals surface area contributed by atoms with Gasteiger partial charge in [0.05, 0.1) is 19.3 Å². The molecular weight excluding hydrogens is 440 g/mol. The van der Waals surface area contributed by atoms with Gasteiger partial charge < -0.3 is 24.8 Å². The first-order valence-corrected chi connectivity index (χ1v) is 11.1. The summed E-state index contributed by atoms with van der Waals surface area (Å²) in [6.45, 7) is 9.62. The van der Waals surface area contributed by atoms with Crippen molar-refractivity contribution in [2.75, 3.05) is 13.7 Å². The van der Waals surface area contributed by atoms with Crippen molar-refractivity contribution in [3.05, 3.63) is 40.9 Å². The summed E-state index contributed by atoms with van der Waals surface area (Å²) in [7, 11) is 1.58. The molecule has 0 aliphatic carbocycles. The Labute approximate surface area is 197 Å². The highest BCUT2D eigenvalue weighted by Crippen LogP contribution is 2.53. The van der Waals surface area contributed by atoms with E-state index in [0.717, 1.165) is 11.1 Å². The second kappa shape index (κ2) is 8.30. The Morgan fingerprint density at radius 2 is 2.00 bits per heavy atom. The second-order valence-electron chi connectivity index (χ2n) is 9.71. The van der Waals surface area contributed by atoms with Crippen molar-refractivity contribution in [3.8, 4) is 11.5 Å². The predicted octanol–water partition coefficient (Wildman–Crippen LogP) is 1.56. The number of carbonyl (C=O) groups excluding carboxylic acids is 2. The third kappa shape index (κ3) is 3.84. The van der Waals surface area contributed by atoms with E-state index in [9.17, 15) is 9.59 Å². The maximum absolute atomic E-state index is 13.2. The Bertz CT molecular complexity index is 1140. The number of aromatic nitrogens is 4. The van der Waals surface area contributed by atoms with Gasteiger partial charge in [0.2, 0.25) is 5.91 Å². The van der Waals surface area contributed by atoms with E-state index in [0.29, 0.717) is 24.5 Å². The fraction of sp³-hybridized carbons (Fsp3) is 0.522. The second-order valence-corrected chi connectivity index (χ2v) is 9.71. The molecule has 1 aromatic carbocycles. The first-order valence-electron chi connectivity index (χ1n) is 11.1. The normalized spacial score (nSPS) is 21.6. The number of esters is 1. The summed E-state index contributed by atoms with van der Waals surface area (Å²) in [5.74, 6) is -0.0838. The van der Waals surface area contributed by atoms with E-state index in [4.69, 9.17) is 19.9 Å². The summed E-state index contributed by atoms with van der Waals surface area (Å²) in [5.41, 5.74) is 5.67. The van der Waals surface area contributed by atoms with Crippen molar-refractivity contribution in [1.82, 2.24) is 25.5 Å². The molecule has 11 nitrogen and oxygen atoms in total. The van der Waals surface area contributed by atoms with Gasteiger partial charge in [-0.15, -0.1) is 10.2 Å². The van der Waals surface area contributed by atoms with Crippen LogP contribution in [0.5, 0.6) is 11.5 Å². The van der Waals surface area contributed by atoms with Crippen LogP contribution in [0, 0.1) is 0 Å². The summed E-state index contributed by atoms with van der Waals surface area (Å²) >= 11 is 0. The van der Waals surface area contributed by atoms with Crippen LogP contribution in [-0.2, 0) is 26.2 Å². The summed E-state index contributed by atoms with van der Waals surface area (Å²) in [4.78, 5) is 28.2. The molecule has 3 heterocycles. The number of rotatable bonds is 6. The predicted molar refractivity (Wildman–Crippen MR) is 121 cm³/mol. The minimum atomic E-state index is -1.56. The lowest BCUT2D eigenvalue weighted by atomic mass is 9.74. The number of nitrogens with zero attached hydrogens (tertiary/aromatic N) is 4. The quantitative estimate of drug-likeness (QED) is 0.601. The van der Waals surface area contributed by atoms with E-state index in [1.165, 1.54) is 6.08 Å². The molecule has 0 bridgehead atoms. The van der Waals surface area contributed by atoms with Crippen LogP contribution in [0.1, 0.15) is 57.6 Å². The maximum atomic E-state index is 13.2. The van der Waals surface area contributed by atoms with Crippen molar-refractivity contribution < 1.29 is 23.8 Å². The van der Waals surface area contributed by atoms with E-state index in [1.54, 1.807) is 27.9 Å². The third-order valence-electron chi connectivity index (χ3n) is 5.85. The fourth-order valence-corrected chi connectivity index (χ4v) is 4.61. The van der Waals surface area contributed by atoms with Gasteiger partial charge in [-0.1, -0.05) is 5.21 Å². The van der Waals surface area contributed by atoms with Gasteiger partial charge in [-0.2, -0.15) is 5.21 Å². The molecule has 0 saturated heterocycles. The Morgan fingerprint density at radius 1 is 1.26 bits per heavy atom. The van der Waals surface area contributed by atoms with Crippen molar-refractivity contribution in [3.63, 3.8) is 0 Å². The number of aromatic amines is 1. The zero-order valence-corrected chi connectivity index (χ0v) is 20.2. The molecule has 0 spiro atoms. The number of nitrogens with one attached hydrogen (secondary N) is 1. The highest BCUT2D eigenvalue weighted by Gasteiger charge is 2.59. The Kier molecular flexibility index (Phi) is 5.74. The van der Waals surface area contributed by atoms with Crippen LogP contribution in [0.2, 0.25) is 0 Å². The number of benzene rings is 1. The average molecular weight is 471 g/mol. The van der Waals surface area contributed by atoms with E-state index in [1.807, 2.05) is 30.9 Å². The molecule has 182 valence electrons. The summed E-state index contributed by atoms with van der Waals surface area (Å²) in [6.07, 6.45) is 2.01. The molecule has 3 N–H and O–H groups in total. The van der Waals surface area contributed by atoms with Crippen LogP contribution in [0.25, 0.3) is 0 Å². The number of fused-ring (bicyclic) bond motifs is 3. The van der Waals surface area contributed by atoms with E-state index < -0.39 is 28.9 Å². The first-order chi connectivity index (χ1) is 16.0. The van der Waals surface area contributed by atoms with Gasteiger partial charge in [-0.3, -0.25) is 4.79 Å². The number of H-pyrrole nitrogens is 1. The average Bonchev–Trinajstić information content (AvgIpc) is 3.38. The lowest BCUT2D eigenvalue weighted by Crippen LogP contribution is -2.49. The highest BCUT2D eigenvalue weighted by atomic mass is 16.6. The van der Waals surface area contributed by atoms with Crippen LogP contribution in [0.4, 0.5) is 0 Å². The molecule has 0 fully saturated rings. The van der Waals surface area contributed by atoms with Gasteiger partial charge in [-0.25, -0.2) is 4.79 Å². The molecule has 4 rings (SSSR count). The zero-order valence-electron chi connectivity index (χ0n) is 20.2. The van der Waals surface area contributed by atoms with Crippen molar-refractivity contribution >= 4 is 11.9 Å². The zero-order chi connectivity index (χ0) is 24.8. The van der Waals surface area contributed by atoms with Crippen LogP contribution < -0.4 is 15.2 Å². The maximum Gasteiger partial charge on any atom is 0.354 e. The molecule has 11 heteroatoms. The van der Waals surface area contributed by atoms with Gasteiger partial charge >= 0.3 is 5.97 Å². The standard InChI is InChI=1S/C23H30N6O5/c1-12(2)33-17-10-14-13(9-16(17)32-6)7-8-29-15(19(30)34-22(3,4)5)11-23(18(14)29,20(24)31)21-25-27-28-26-21/h9-12,18H,7-8H2,1-6H3,(H2,24,31)(H,25,26,27,28). The molecule has 2 unspecified atom stereocenters. The molecule has 2 aliphatic rings. The van der Waals surface area contributed by atoms with E-state index in [2.05, 4.69) is 20.6 Å². The lowest BCUT2D eigenvalue weighted by molar-refractivity contribution is -0.152. The molecule has 0 radical (unpaired) electrons. The monoisotopic (exact) mass is 470 g/mol. The molecule has 34 heavy (non-hydrogen) atoms. The summed E-state index contributed by atoms with van der Waals surface area (Å²) < 4.78 is 17.2. The number of primary amides is 1. The number of tetrazole rings is 1. The van der Waals surface area contributed by atoms with Crippen LogP contribution in [-0.4, -0.2) is 62.8 Å². The summed E-state index contributed by atoms with van der Waals surface area (Å²) in [6, 6.07) is 3.04. The van der Waals surface area contributed by atoms with Crippen LogP contribution >= 0.6 is 0 Å². The Hall–Kier alpha value is -3.63. The third-order valence-corrected chi connectivity index (χ3v) is 5.85. The van der Waals surface area contributed by atoms with Crippen LogP contribution in [0.3, 0.4) is 0 Å². The largest absolute Gasteiger partial charge is 0.493 e. The van der Waals surface area contributed by atoms with Gasteiger partial charge in [-0.05, 0) is 70.4 Å². The number of hydrogen-bond acceptors (Lipinski definition) is 9. The van der Waals surface area contributed by atoms with Crippen molar-refractivity contribution in [2.45, 2.75) is 64.2 Å². The number of amides is 1. The van der Waals surface area contributed by atoms with Gasteiger partial charge in [0.15, 0.2) is 22.7 Å². The lowest BCUT2D eigenvalue weighted by Gasteiger charge is -2.41. The Balaban J connectivity index is 1.93. The summed E-state index contributed by atoms with van der Waals surface area (Å²) in [5, 5.41) is 14.2. The number of carbonyl (C=O) groups is 2. The minimum absolute atomic E-state index is 0.0727. The molecule has 1 amide bonds. The number of nitrogens with two attached hydrogens (primary N) is 1. The number of ether oxygens (including phenoxy) is 3.